The molecule has 0 unspecified atom stereocenters. The second kappa shape index (κ2) is 3.22. The highest BCUT2D eigenvalue weighted by Crippen LogP contribution is 2.23. The molecule has 0 bridgehead atoms. The maximum atomic E-state index is 12.0. The number of oxazole rings is 1. The standard InChI is InChI=1S/C9H7F3N2O/c1-5-2-3-13-8-7(5)14-6(15-8)4-9(10,11)12/h2-3H,4H2,1H3. The summed E-state index contributed by atoms with van der Waals surface area (Å²) in [4.78, 5) is 7.54. The lowest BCUT2D eigenvalue weighted by Gasteiger charge is -2.00. The number of aromatic nitrogens is 2. The predicted octanol–water partition coefficient (Wildman–Crippen LogP) is 2.64. The van der Waals surface area contributed by atoms with E-state index in [0.717, 1.165) is 5.56 Å². The minimum Gasteiger partial charge on any atom is -0.422 e. The summed E-state index contributed by atoms with van der Waals surface area (Å²) in [5.74, 6) is -0.348. The van der Waals surface area contributed by atoms with E-state index in [0.29, 0.717) is 5.52 Å². The van der Waals surface area contributed by atoms with E-state index in [-0.39, 0.29) is 11.6 Å². The van der Waals surface area contributed by atoms with E-state index in [9.17, 15) is 13.2 Å². The zero-order valence-corrected chi connectivity index (χ0v) is 7.80. The molecule has 80 valence electrons. The molecule has 0 aromatic carbocycles. The van der Waals surface area contributed by atoms with Crippen molar-refractivity contribution in [2.45, 2.75) is 19.5 Å². The first-order chi connectivity index (χ1) is 6.96. The van der Waals surface area contributed by atoms with Gasteiger partial charge in [-0.05, 0) is 18.6 Å². The smallest absolute Gasteiger partial charge is 0.397 e. The number of halogens is 3. The molecule has 0 aliphatic heterocycles. The van der Waals surface area contributed by atoms with Gasteiger partial charge in [-0.15, -0.1) is 0 Å². The highest BCUT2D eigenvalue weighted by Gasteiger charge is 2.30. The molecule has 2 heterocycles. The lowest BCUT2D eigenvalue weighted by Crippen LogP contribution is -2.11. The number of fused-ring (bicyclic) bond motifs is 1. The molecule has 15 heavy (non-hydrogen) atoms. The van der Waals surface area contributed by atoms with Crippen LogP contribution in [0.25, 0.3) is 11.2 Å². The van der Waals surface area contributed by atoms with E-state index >= 15 is 0 Å². The molecule has 0 spiro atoms. The summed E-state index contributed by atoms with van der Waals surface area (Å²) in [6, 6.07) is 1.67. The Morgan fingerprint density at radius 3 is 2.73 bits per heavy atom. The molecule has 0 atom stereocenters. The van der Waals surface area contributed by atoms with Crippen molar-refractivity contribution >= 4 is 11.2 Å². The van der Waals surface area contributed by atoms with Crippen molar-refractivity contribution in [3.63, 3.8) is 0 Å². The summed E-state index contributed by atoms with van der Waals surface area (Å²) in [6.07, 6.45) is -4.00. The van der Waals surface area contributed by atoms with Crippen molar-refractivity contribution in [2.24, 2.45) is 0 Å². The normalized spacial score (nSPS) is 12.3. The number of nitrogens with zero attached hydrogens (tertiary/aromatic N) is 2. The number of aryl methyl sites for hydroxylation is 1. The summed E-state index contributed by atoms with van der Waals surface area (Å²) in [5.41, 5.74) is 1.28. The van der Waals surface area contributed by atoms with Crippen LogP contribution in [0, 0.1) is 6.92 Å². The van der Waals surface area contributed by atoms with Crippen LogP contribution in [-0.2, 0) is 6.42 Å². The molecule has 0 aliphatic carbocycles. The fraction of sp³-hybridized carbons (Fsp3) is 0.333. The van der Waals surface area contributed by atoms with Gasteiger partial charge in [-0.1, -0.05) is 0 Å². The molecule has 2 rings (SSSR count). The minimum absolute atomic E-state index is 0.147. The zero-order valence-electron chi connectivity index (χ0n) is 7.80. The second-order valence-electron chi connectivity index (χ2n) is 3.18. The lowest BCUT2D eigenvalue weighted by molar-refractivity contribution is -0.130. The average molecular weight is 216 g/mol. The number of pyridine rings is 1. The Bertz CT molecular complexity index is 490. The molecule has 2 aromatic heterocycles. The van der Waals surface area contributed by atoms with Gasteiger partial charge < -0.3 is 4.42 Å². The SMILES string of the molecule is Cc1ccnc2oc(CC(F)(F)F)nc12. The lowest BCUT2D eigenvalue weighted by atomic mass is 10.3. The summed E-state index contributed by atoms with van der Waals surface area (Å²) < 4.78 is 41.0. The van der Waals surface area contributed by atoms with Gasteiger partial charge in [0.2, 0.25) is 11.6 Å². The molecular formula is C9H7F3N2O. The third-order valence-electron chi connectivity index (χ3n) is 1.90. The molecular weight excluding hydrogens is 209 g/mol. The van der Waals surface area contributed by atoms with Crippen LogP contribution in [0.1, 0.15) is 11.5 Å². The van der Waals surface area contributed by atoms with E-state index in [4.69, 9.17) is 4.42 Å². The van der Waals surface area contributed by atoms with Crippen molar-refractivity contribution in [2.75, 3.05) is 0 Å². The molecule has 0 radical (unpaired) electrons. The Morgan fingerprint density at radius 2 is 2.13 bits per heavy atom. The van der Waals surface area contributed by atoms with Crippen LogP contribution in [0.4, 0.5) is 13.2 Å². The van der Waals surface area contributed by atoms with Gasteiger partial charge in [-0.3, -0.25) is 0 Å². The third kappa shape index (κ3) is 2.08. The number of rotatable bonds is 1. The van der Waals surface area contributed by atoms with E-state index in [1.54, 1.807) is 13.0 Å². The number of hydrogen-bond acceptors (Lipinski definition) is 3. The van der Waals surface area contributed by atoms with E-state index in [2.05, 4.69) is 9.97 Å². The maximum absolute atomic E-state index is 12.0. The van der Waals surface area contributed by atoms with Gasteiger partial charge in [0.25, 0.3) is 0 Å². The topological polar surface area (TPSA) is 38.9 Å². The second-order valence-corrected chi connectivity index (χ2v) is 3.18. The maximum Gasteiger partial charge on any atom is 0.397 e. The molecule has 3 nitrogen and oxygen atoms in total. The number of alkyl halides is 3. The largest absolute Gasteiger partial charge is 0.422 e. The summed E-state index contributed by atoms with van der Waals surface area (Å²) in [7, 11) is 0. The Labute approximate surface area is 82.9 Å². The summed E-state index contributed by atoms with van der Waals surface area (Å²) in [5, 5.41) is 0. The fourth-order valence-corrected chi connectivity index (χ4v) is 1.24. The minimum atomic E-state index is -4.31. The monoisotopic (exact) mass is 216 g/mol. The van der Waals surface area contributed by atoms with Crippen LogP contribution >= 0.6 is 0 Å². The van der Waals surface area contributed by atoms with E-state index in [1.165, 1.54) is 6.20 Å². The molecule has 2 aromatic rings. The highest BCUT2D eigenvalue weighted by molar-refractivity contribution is 5.71. The van der Waals surface area contributed by atoms with Gasteiger partial charge in [0.1, 0.15) is 11.9 Å². The van der Waals surface area contributed by atoms with E-state index < -0.39 is 12.6 Å². The highest BCUT2D eigenvalue weighted by atomic mass is 19.4. The molecule has 6 heteroatoms. The molecule has 0 fully saturated rings. The Hall–Kier alpha value is -1.59. The van der Waals surface area contributed by atoms with Crippen LogP contribution in [0.2, 0.25) is 0 Å². The van der Waals surface area contributed by atoms with Crippen LogP contribution in [0.5, 0.6) is 0 Å². The third-order valence-corrected chi connectivity index (χ3v) is 1.90. The molecule has 0 saturated carbocycles. The van der Waals surface area contributed by atoms with Gasteiger partial charge in [-0.25, -0.2) is 9.97 Å². The van der Waals surface area contributed by atoms with Crippen molar-refractivity contribution in [1.29, 1.82) is 0 Å². The van der Waals surface area contributed by atoms with Gasteiger partial charge in [-0.2, -0.15) is 13.2 Å². The van der Waals surface area contributed by atoms with Crippen LogP contribution in [0.15, 0.2) is 16.7 Å². The van der Waals surface area contributed by atoms with Gasteiger partial charge in [0.05, 0.1) is 0 Å². The Balaban J connectivity index is 2.44. The molecule has 0 amide bonds. The van der Waals surface area contributed by atoms with E-state index in [1.807, 2.05) is 0 Å². The molecule has 0 N–H and O–H groups in total. The molecule has 0 aliphatic rings. The van der Waals surface area contributed by atoms with Gasteiger partial charge in [0, 0.05) is 6.20 Å². The van der Waals surface area contributed by atoms with Crippen molar-refractivity contribution < 1.29 is 17.6 Å². The van der Waals surface area contributed by atoms with Gasteiger partial charge in [0.15, 0.2) is 0 Å². The van der Waals surface area contributed by atoms with Gasteiger partial charge >= 0.3 is 6.18 Å². The first-order valence-corrected chi connectivity index (χ1v) is 4.23. The summed E-state index contributed by atoms with van der Waals surface area (Å²) in [6.45, 7) is 1.74. The first kappa shape index (κ1) is 9.95. The van der Waals surface area contributed by atoms with Crippen molar-refractivity contribution in [1.82, 2.24) is 9.97 Å². The first-order valence-electron chi connectivity index (χ1n) is 4.23. The predicted molar refractivity (Wildman–Crippen MR) is 46.3 cm³/mol. The Morgan fingerprint density at radius 1 is 1.40 bits per heavy atom. The van der Waals surface area contributed by atoms with Crippen molar-refractivity contribution in [3.8, 4) is 0 Å². The number of hydrogen-bond donors (Lipinski definition) is 0. The fourth-order valence-electron chi connectivity index (χ4n) is 1.24. The van der Waals surface area contributed by atoms with Crippen molar-refractivity contribution in [3.05, 3.63) is 23.7 Å². The molecule has 0 saturated heterocycles. The summed E-state index contributed by atoms with van der Waals surface area (Å²) >= 11 is 0. The van der Waals surface area contributed by atoms with Crippen LogP contribution in [-0.4, -0.2) is 16.1 Å². The average Bonchev–Trinajstić information content (AvgIpc) is 2.45. The van der Waals surface area contributed by atoms with Crippen LogP contribution in [0.3, 0.4) is 0 Å². The zero-order chi connectivity index (χ0) is 11.1. The Kier molecular flexibility index (Phi) is 2.13. The van der Waals surface area contributed by atoms with Crippen LogP contribution < -0.4 is 0 Å². The quantitative estimate of drug-likeness (QED) is 0.735.